The average Bonchev–Trinajstić information content (AvgIpc) is 2.61. The SMILES string of the molecule is CC(N)/C=C/c1ccc2c(c1)CCC2. The molecule has 0 heterocycles. The van der Waals surface area contributed by atoms with Crippen molar-refractivity contribution in [3.05, 3.63) is 41.0 Å². The van der Waals surface area contributed by atoms with Gasteiger partial charge in [-0.05, 0) is 42.9 Å². The second-order valence-electron chi connectivity index (χ2n) is 4.10. The largest absolute Gasteiger partial charge is 0.325 e. The van der Waals surface area contributed by atoms with Crippen molar-refractivity contribution >= 4 is 6.08 Å². The normalized spacial score (nSPS) is 17.3. The summed E-state index contributed by atoms with van der Waals surface area (Å²) in [6, 6.07) is 6.87. The van der Waals surface area contributed by atoms with E-state index in [-0.39, 0.29) is 6.04 Å². The molecule has 1 aromatic rings. The van der Waals surface area contributed by atoms with Crippen LogP contribution in [0.15, 0.2) is 24.3 Å². The third-order valence-corrected chi connectivity index (χ3v) is 2.71. The summed E-state index contributed by atoms with van der Waals surface area (Å²) in [6.07, 6.45) is 7.97. The molecule has 0 amide bonds. The predicted molar refractivity (Wildman–Crippen MR) is 61.2 cm³/mol. The highest BCUT2D eigenvalue weighted by atomic mass is 14.6. The van der Waals surface area contributed by atoms with Crippen molar-refractivity contribution in [3.8, 4) is 0 Å². The minimum Gasteiger partial charge on any atom is -0.325 e. The summed E-state index contributed by atoms with van der Waals surface area (Å²) in [5.74, 6) is 0. The molecule has 1 aliphatic carbocycles. The van der Waals surface area contributed by atoms with Crippen molar-refractivity contribution in [2.24, 2.45) is 5.73 Å². The number of nitrogens with two attached hydrogens (primary N) is 1. The molecule has 0 radical (unpaired) electrons. The molecule has 0 saturated carbocycles. The Balaban J connectivity index is 2.20. The van der Waals surface area contributed by atoms with E-state index in [0.29, 0.717) is 0 Å². The molecule has 0 spiro atoms. The number of fused-ring (bicyclic) bond motifs is 1. The third kappa shape index (κ3) is 2.05. The second kappa shape index (κ2) is 3.97. The topological polar surface area (TPSA) is 26.0 Å². The molecular formula is C13H17N. The molecule has 0 bridgehead atoms. The van der Waals surface area contributed by atoms with Gasteiger partial charge in [-0.3, -0.25) is 0 Å². The lowest BCUT2D eigenvalue weighted by atomic mass is 10.1. The summed E-state index contributed by atoms with van der Waals surface area (Å²) in [5.41, 5.74) is 10.0. The Hall–Kier alpha value is -1.08. The van der Waals surface area contributed by atoms with Crippen LogP contribution in [0.4, 0.5) is 0 Å². The van der Waals surface area contributed by atoms with Gasteiger partial charge in [-0.25, -0.2) is 0 Å². The van der Waals surface area contributed by atoms with E-state index in [1.165, 1.54) is 36.0 Å². The van der Waals surface area contributed by atoms with Crippen LogP contribution in [0.3, 0.4) is 0 Å². The lowest BCUT2D eigenvalue weighted by Gasteiger charge is -2.01. The predicted octanol–water partition coefficient (Wildman–Crippen LogP) is 2.54. The zero-order chi connectivity index (χ0) is 9.97. The van der Waals surface area contributed by atoms with Gasteiger partial charge >= 0.3 is 0 Å². The van der Waals surface area contributed by atoms with Crippen molar-refractivity contribution < 1.29 is 0 Å². The third-order valence-electron chi connectivity index (χ3n) is 2.71. The highest BCUT2D eigenvalue weighted by Crippen LogP contribution is 2.23. The van der Waals surface area contributed by atoms with Crippen LogP contribution in [-0.2, 0) is 12.8 Å². The maximum absolute atomic E-state index is 5.67. The number of aryl methyl sites for hydroxylation is 2. The molecule has 2 N–H and O–H groups in total. The minimum absolute atomic E-state index is 0.142. The van der Waals surface area contributed by atoms with E-state index in [1.807, 2.05) is 13.0 Å². The Labute approximate surface area is 85.6 Å². The zero-order valence-electron chi connectivity index (χ0n) is 8.66. The lowest BCUT2D eigenvalue weighted by Crippen LogP contribution is -2.09. The summed E-state index contributed by atoms with van der Waals surface area (Å²) in [4.78, 5) is 0. The van der Waals surface area contributed by atoms with Crippen LogP contribution in [0.1, 0.15) is 30.0 Å². The second-order valence-corrected chi connectivity index (χ2v) is 4.10. The van der Waals surface area contributed by atoms with Crippen molar-refractivity contribution in [3.63, 3.8) is 0 Å². The summed E-state index contributed by atoms with van der Waals surface area (Å²) >= 11 is 0. The minimum atomic E-state index is 0.142. The van der Waals surface area contributed by atoms with Gasteiger partial charge in [0.1, 0.15) is 0 Å². The van der Waals surface area contributed by atoms with Crippen LogP contribution in [-0.4, -0.2) is 6.04 Å². The molecule has 1 aromatic carbocycles. The van der Waals surface area contributed by atoms with Crippen molar-refractivity contribution in [1.29, 1.82) is 0 Å². The molecule has 0 saturated heterocycles. The van der Waals surface area contributed by atoms with Crippen molar-refractivity contribution in [2.75, 3.05) is 0 Å². The molecule has 0 aliphatic heterocycles. The van der Waals surface area contributed by atoms with E-state index < -0.39 is 0 Å². The molecule has 1 nitrogen and oxygen atoms in total. The Bertz CT molecular complexity index is 350. The molecule has 74 valence electrons. The van der Waals surface area contributed by atoms with Crippen molar-refractivity contribution in [1.82, 2.24) is 0 Å². The van der Waals surface area contributed by atoms with Crippen LogP contribution >= 0.6 is 0 Å². The van der Waals surface area contributed by atoms with Crippen LogP contribution < -0.4 is 5.73 Å². The van der Waals surface area contributed by atoms with E-state index in [1.54, 1.807) is 0 Å². The van der Waals surface area contributed by atoms with Crippen molar-refractivity contribution in [2.45, 2.75) is 32.2 Å². The first kappa shape index (κ1) is 9.47. The van der Waals surface area contributed by atoms with E-state index >= 15 is 0 Å². The van der Waals surface area contributed by atoms with Crippen LogP contribution in [0, 0.1) is 0 Å². The van der Waals surface area contributed by atoms with Gasteiger partial charge in [0.25, 0.3) is 0 Å². The van der Waals surface area contributed by atoms with Gasteiger partial charge in [-0.1, -0.05) is 30.4 Å². The van der Waals surface area contributed by atoms with Crippen LogP contribution in [0.2, 0.25) is 0 Å². The number of rotatable bonds is 2. The quantitative estimate of drug-likeness (QED) is 0.756. The Kier molecular flexibility index (Phi) is 2.69. The molecular weight excluding hydrogens is 170 g/mol. The molecule has 2 rings (SSSR count). The molecule has 0 aromatic heterocycles. The number of hydrogen-bond acceptors (Lipinski definition) is 1. The average molecular weight is 187 g/mol. The van der Waals surface area contributed by atoms with E-state index in [4.69, 9.17) is 5.73 Å². The van der Waals surface area contributed by atoms with Crippen LogP contribution in [0.5, 0.6) is 0 Å². The molecule has 14 heavy (non-hydrogen) atoms. The highest BCUT2D eigenvalue weighted by Gasteiger charge is 2.09. The van der Waals surface area contributed by atoms with Gasteiger partial charge in [0.15, 0.2) is 0 Å². The monoisotopic (exact) mass is 187 g/mol. The van der Waals surface area contributed by atoms with Gasteiger partial charge in [0, 0.05) is 6.04 Å². The fourth-order valence-corrected chi connectivity index (χ4v) is 1.96. The zero-order valence-corrected chi connectivity index (χ0v) is 8.66. The first-order chi connectivity index (χ1) is 6.75. The molecule has 1 unspecified atom stereocenters. The summed E-state index contributed by atoms with van der Waals surface area (Å²) in [5, 5.41) is 0. The molecule has 0 fully saturated rings. The van der Waals surface area contributed by atoms with Gasteiger partial charge in [-0.15, -0.1) is 0 Å². The van der Waals surface area contributed by atoms with Gasteiger partial charge < -0.3 is 5.73 Å². The summed E-state index contributed by atoms with van der Waals surface area (Å²) in [6.45, 7) is 1.99. The van der Waals surface area contributed by atoms with Gasteiger partial charge in [0.05, 0.1) is 0 Å². The molecule has 1 heteroatoms. The van der Waals surface area contributed by atoms with E-state index in [2.05, 4.69) is 24.3 Å². The number of benzene rings is 1. The Morgan fingerprint density at radius 3 is 2.86 bits per heavy atom. The fraction of sp³-hybridized carbons (Fsp3) is 0.385. The smallest absolute Gasteiger partial charge is 0.0198 e. The maximum atomic E-state index is 5.67. The standard InChI is InChI=1S/C13H17N/c1-10(14)5-6-11-7-8-12-3-2-4-13(12)9-11/h5-10H,2-4,14H2,1H3/b6-5+. The first-order valence-electron chi connectivity index (χ1n) is 5.31. The molecule has 1 aliphatic rings. The van der Waals surface area contributed by atoms with Gasteiger partial charge in [-0.2, -0.15) is 0 Å². The Morgan fingerprint density at radius 1 is 1.29 bits per heavy atom. The van der Waals surface area contributed by atoms with Crippen LogP contribution in [0.25, 0.3) is 6.08 Å². The van der Waals surface area contributed by atoms with Gasteiger partial charge in [0.2, 0.25) is 0 Å². The summed E-state index contributed by atoms with van der Waals surface area (Å²) in [7, 11) is 0. The molecule has 1 atom stereocenters. The first-order valence-corrected chi connectivity index (χ1v) is 5.31. The lowest BCUT2D eigenvalue weighted by molar-refractivity contribution is 0.911. The number of hydrogen-bond donors (Lipinski definition) is 1. The highest BCUT2D eigenvalue weighted by molar-refractivity contribution is 5.53. The van der Waals surface area contributed by atoms with E-state index in [9.17, 15) is 0 Å². The van der Waals surface area contributed by atoms with E-state index in [0.717, 1.165) is 0 Å². The fourth-order valence-electron chi connectivity index (χ4n) is 1.96. The Morgan fingerprint density at radius 2 is 2.07 bits per heavy atom. The summed E-state index contributed by atoms with van der Waals surface area (Å²) < 4.78 is 0. The maximum Gasteiger partial charge on any atom is 0.0198 e.